The van der Waals surface area contributed by atoms with Gasteiger partial charge < -0.3 is 26.0 Å². The van der Waals surface area contributed by atoms with Crippen LogP contribution >= 0.6 is 0 Å². The minimum absolute atomic E-state index is 0.0663. The normalized spacial score (nSPS) is 12.3. The summed E-state index contributed by atoms with van der Waals surface area (Å²) in [7, 11) is 0. The number of amidine groups is 1. The fourth-order valence-corrected chi connectivity index (χ4v) is 3.22. The number of fused-ring (bicyclic) bond motifs is 1. The Balaban J connectivity index is 1.92. The van der Waals surface area contributed by atoms with Crippen molar-refractivity contribution >= 4 is 17.4 Å². The molecule has 188 valence electrons. The highest BCUT2D eigenvalue weighted by Crippen LogP contribution is 2.24. The van der Waals surface area contributed by atoms with Crippen LogP contribution in [0, 0.1) is 18.6 Å². The van der Waals surface area contributed by atoms with E-state index in [1.807, 2.05) is 0 Å². The van der Waals surface area contributed by atoms with Crippen LogP contribution in [0.4, 0.5) is 17.6 Å². The summed E-state index contributed by atoms with van der Waals surface area (Å²) in [4.78, 5) is 17.4. The van der Waals surface area contributed by atoms with Crippen molar-refractivity contribution in [1.29, 1.82) is 0 Å². The number of aliphatic hydroxyl groups excluding tert-OH is 2. The number of nitrogens with zero attached hydrogens (tertiary/aromatic N) is 3. The van der Waals surface area contributed by atoms with Gasteiger partial charge in [-0.15, -0.1) is 0 Å². The zero-order valence-corrected chi connectivity index (χ0v) is 18.3. The van der Waals surface area contributed by atoms with Crippen molar-refractivity contribution in [3.05, 3.63) is 65.1 Å². The fourth-order valence-electron chi connectivity index (χ4n) is 3.22. The first-order valence-electron chi connectivity index (χ1n) is 10.1. The van der Waals surface area contributed by atoms with E-state index in [1.54, 1.807) is 0 Å². The maximum absolute atomic E-state index is 13.9. The highest BCUT2D eigenvalue weighted by Gasteiger charge is 2.37. The zero-order chi connectivity index (χ0) is 25.8. The number of hydrogen-bond donors (Lipinski definition) is 5. The molecule has 0 saturated carbocycles. The lowest BCUT2D eigenvalue weighted by Gasteiger charge is -2.30. The second kappa shape index (κ2) is 10.6. The molecule has 14 heteroatoms. The molecule has 6 N–H and O–H groups in total. The number of rotatable bonds is 10. The number of nitrogens with one attached hydrogen (secondary N) is 2. The van der Waals surface area contributed by atoms with Crippen LogP contribution in [0.1, 0.15) is 21.7 Å². The number of hydrazone groups is 1. The monoisotopic (exact) mass is 498 g/mol. The van der Waals surface area contributed by atoms with Gasteiger partial charge in [0.25, 0.3) is 5.91 Å². The Morgan fingerprint density at radius 1 is 1.23 bits per heavy atom. The number of benzene rings is 1. The third-order valence-corrected chi connectivity index (χ3v) is 5.10. The molecule has 0 bridgehead atoms. The number of ether oxygens (including phenoxy) is 1. The van der Waals surface area contributed by atoms with E-state index in [9.17, 15) is 32.6 Å². The minimum atomic E-state index is -3.07. The van der Waals surface area contributed by atoms with Crippen molar-refractivity contribution in [3.63, 3.8) is 0 Å². The van der Waals surface area contributed by atoms with Crippen molar-refractivity contribution < 1.29 is 37.3 Å². The quantitative estimate of drug-likeness (QED) is 0.0923. The summed E-state index contributed by atoms with van der Waals surface area (Å²) in [5.74, 6) is -3.05. The number of aromatic nitrogens is 2. The third-order valence-electron chi connectivity index (χ3n) is 5.10. The number of pyridine rings is 1. The molecule has 35 heavy (non-hydrogen) atoms. The molecule has 2 aromatic heterocycles. The lowest BCUT2D eigenvalue weighted by atomic mass is 10.00. The molecule has 0 saturated heterocycles. The Morgan fingerprint density at radius 2 is 1.89 bits per heavy atom. The minimum Gasteiger partial charge on any atom is -0.485 e. The maximum atomic E-state index is 13.9. The molecular formula is C21H22F4N6O4. The molecule has 0 aliphatic heterocycles. The van der Waals surface area contributed by atoms with Gasteiger partial charge in [0.2, 0.25) is 0 Å². The summed E-state index contributed by atoms with van der Waals surface area (Å²) in [5, 5.41) is 25.0. The predicted octanol–water partition coefficient (Wildman–Crippen LogP) is 1.04. The van der Waals surface area contributed by atoms with Gasteiger partial charge in [0.05, 0.1) is 24.5 Å². The Morgan fingerprint density at radius 3 is 2.49 bits per heavy atom. The van der Waals surface area contributed by atoms with Crippen LogP contribution in [0.5, 0.6) is 5.75 Å². The van der Waals surface area contributed by atoms with Gasteiger partial charge in [-0.2, -0.15) is 13.9 Å². The van der Waals surface area contributed by atoms with Gasteiger partial charge in [0.1, 0.15) is 35.3 Å². The van der Waals surface area contributed by atoms with E-state index in [0.717, 1.165) is 12.1 Å². The number of alkyl halides is 2. The average Bonchev–Trinajstić information content (AvgIpc) is 3.17. The van der Waals surface area contributed by atoms with E-state index >= 15 is 0 Å². The standard InChI is InChI=1S/C21H22F4N6O4/c1-11-16(18(34)28-21(9-32,10-33)19(26)29-30-20(24)25)31-7-3-6-15(17(31)27-11)35-8-12-13(22)4-2-5-14(12)23/h2-7,20,30,32-33H,8-10H2,1H3,(H2,26,29)(H,28,34). The van der Waals surface area contributed by atoms with Crippen molar-refractivity contribution in [3.8, 4) is 5.75 Å². The van der Waals surface area contributed by atoms with Gasteiger partial charge in [-0.25, -0.2) is 19.2 Å². The first kappa shape index (κ1) is 25.7. The van der Waals surface area contributed by atoms with E-state index in [0.29, 0.717) is 0 Å². The number of carbonyl (C=O) groups excluding carboxylic acids is 1. The molecule has 0 fully saturated rings. The van der Waals surface area contributed by atoms with Crippen LogP contribution in [-0.2, 0) is 6.61 Å². The average molecular weight is 498 g/mol. The van der Waals surface area contributed by atoms with Crippen LogP contribution in [-0.4, -0.2) is 56.6 Å². The molecule has 0 spiro atoms. The first-order chi connectivity index (χ1) is 16.6. The Hall–Kier alpha value is -3.91. The molecule has 1 aromatic carbocycles. The molecule has 0 atom stereocenters. The van der Waals surface area contributed by atoms with Gasteiger partial charge in [-0.05, 0) is 31.2 Å². The third kappa shape index (κ3) is 5.27. The first-order valence-corrected chi connectivity index (χ1v) is 10.1. The molecule has 10 nitrogen and oxygen atoms in total. The van der Waals surface area contributed by atoms with Gasteiger partial charge in [-0.1, -0.05) is 6.07 Å². The Bertz CT molecular complexity index is 1230. The topological polar surface area (TPSA) is 146 Å². The molecule has 0 aliphatic carbocycles. The second-order valence-electron chi connectivity index (χ2n) is 7.38. The fraction of sp³-hybridized carbons (Fsp3) is 0.286. The SMILES string of the molecule is Cc1nc2c(OCc3c(F)cccc3F)cccn2c1C(=O)NC(CO)(CO)/C(N)=N/NC(F)F. The van der Waals surface area contributed by atoms with Crippen LogP contribution in [0.15, 0.2) is 41.6 Å². The van der Waals surface area contributed by atoms with E-state index in [4.69, 9.17) is 10.5 Å². The molecule has 3 aromatic rings. The van der Waals surface area contributed by atoms with E-state index in [2.05, 4.69) is 15.4 Å². The number of aliphatic hydroxyl groups is 2. The van der Waals surface area contributed by atoms with Crippen LogP contribution < -0.4 is 21.2 Å². The van der Waals surface area contributed by atoms with E-state index in [-0.39, 0.29) is 28.3 Å². The molecule has 0 radical (unpaired) electrons. The molecule has 3 rings (SSSR count). The molecule has 2 heterocycles. The highest BCUT2D eigenvalue weighted by atomic mass is 19.3. The summed E-state index contributed by atoms with van der Waals surface area (Å²) in [5.41, 5.74) is 4.89. The maximum Gasteiger partial charge on any atom is 0.327 e. The summed E-state index contributed by atoms with van der Waals surface area (Å²) in [6.45, 7) is -3.97. The summed E-state index contributed by atoms with van der Waals surface area (Å²) in [6, 6.07) is 6.37. The van der Waals surface area contributed by atoms with Gasteiger partial charge in [-0.3, -0.25) is 9.20 Å². The lowest BCUT2D eigenvalue weighted by Crippen LogP contribution is -2.63. The summed E-state index contributed by atoms with van der Waals surface area (Å²) >= 11 is 0. The van der Waals surface area contributed by atoms with Crippen LogP contribution in [0.2, 0.25) is 0 Å². The number of amides is 1. The molecule has 0 unspecified atom stereocenters. The lowest BCUT2D eigenvalue weighted by molar-refractivity contribution is 0.0804. The Kier molecular flexibility index (Phi) is 7.76. The number of nitrogens with two attached hydrogens (primary N) is 1. The molecule has 0 aliphatic rings. The largest absolute Gasteiger partial charge is 0.485 e. The van der Waals surface area contributed by atoms with Crippen molar-refractivity contribution in [1.82, 2.24) is 20.1 Å². The van der Waals surface area contributed by atoms with Crippen molar-refractivity contribution in [2.24, 2.45) is 10.8 Å². The molecule has 1 amide bonds. The number of carbonyl (C=O) groups is 1. The van der Waals surface area contributed by atoms with Crippen molar-refractivity contribution in [2.75, 3.05) is 13.2 Å². The van der Waals surface area contributed by atoms with E-state index in [1.165, 1.54) is 41.1 Å². The summed E-state index contributed by atoms with van der Waals surface area (Å²) < 4.78 is 59.5. The van der Waals surface area contributed by atoms with Gasteiger partial charge in [0, 0.05) is 6.20 Å². The number of hydrogen-bond acceptors (Lipinski definition) is 7. The summed E-state index contributed by atoms with van der Waals surface area (Å²) in [6.07, 6.45) is 1.45. The number of imidazole rings is 1. The highest BCUT2D eigenvalue weighted by molar-refractivity contribution is 6.01. The van der Waals surface area contributed by atoms with E-state index < -0.39 is 55.3 Å². The smallest absolute Gasteiger partial charge is 0.327 e. The van der Waals surface area contributed by atoms with Gasteiger partial charge in [0.15, 0.2) is 11.4 Å². The van der Waals surface area contributed by atoms with Gasteiger partial charge >= 0.3 is 6.55 Å². The number of aryl methyl sites for hydroxylation is 1. The molecular weight excluding hydrogens is 476 g/mol. The zero-order valence-electron chi connectivity index (χ0n) is 18.3. The van der Waals surface area contributed by atoms with Crippen LogP contribution in [0.3, 0.4) is 0 Å². The Labute approximate surface area is 196 Å². The predicted molar refractivity (Wildman–Crippen MR) is 116 cm³/mol. The number of halogens is 4. The van der Waals surface area contributed by atoms with Crippen LogP contribution in [0.25, 0.3) is 5.65 Å². The second-order valence-corrected chi connectivity index (χ2v) is 7.38. The van der Waals surface area contributed by atoms with Crippen molar-refractivity contribution in [2.45, 2.75) is 25.6 Å².